The molecule has 4 amide bonds. The van der Waals surface area contributed by atoms with E-state index in [2.05, 4.69) is 15.5 Å². The summed E-state index contributed by atoms with van der Waals surface area (Å²) in [6.45, 7) is 6.01. The van der Waals surface area contributed by atoms with Crippen LogP contribution in [0.15, 0.2) is 59.5 Å². The smallest absolute Gasteiger partial charge is 0.322 e. The Labute approximate surface area is 197 Å². The summed E-state index contributed by atoms with van der Waals surface area (Å²) in [6, 6.07) is 16.7. The average Bonchev–Trinajstić information content (AvgIpc) is 3.10. The third-order valence-corrected chi connectivity index (χ3v) is 7.22. The van der Waals surface area contributed by atoms with Gasteiger partial charge in [0.05, 0.1) is 5.56 Å². The predicted octanol–water partition coefficient (Wildman–Crippen LogP) is 2.21. The van der Waals surface area contributed by atoms with Crippen LogP contribution in [0.5, 0.6) is 5.75 Å². The number of imide groups is 1. The summed E-state index contributed by atoms with van der Waals surface area (Å²) < 4.78 is 5.78. The summed E-state index contributed by atoms with van der Waals surface area (Å²) in [5.41, 5.74) is -0.373. The van der Waals surface area contributed by atoms with Gasteiger partial charge in [-0.3, -0.25) is 19.8 Å². The fourth-order valence-corrected chi connectivity index (χ4v) is 4.96. The number of piperazine rings is 1. The second-order valence-electron chi connectivity index (χ2n) is 8.32. The van der Waals surface area contributed by atoms with Gasteiger partial charge in [0.1, 0.15) is 17.9 Å². The van der Waals surface area contributed by atoms with E-state index in [-0.39, 0.29) is 11.8 Å². The van der Waals surface area contributed by atoms with E-state index in [1.54, 1.807) is 6.92 Å². The zero-order chi connectivity index (χ0) is 23.3. The summed E-state index contributed by atoms with van der Waals surface area (Å²) in [6.07, 6.45) is 0. The van der Waals surface area contributed by atoms with Crippen molar-refractivity contribution in [2.24, 2.45) is 0 Å². The summed E-state index contributed by atoms with van der Waals surface area (Å²) in [7, 11) is 0. The van der Waals surface area contributed by atoms with Crippen molar-refractivity contribution < 1.29 is 19.1 Å². The molecule has 0 spiro atoms. The molecule has 4 rings (SSSR count). The Kier molecular flexibility index (Phi) is 7.20. The van der Waals surface area contributed by atoms with E-state index < -0.39 is 11.6 Å². The Morgan fingerprint density at radius 2 is 1.73 bits per heavy atom. The van der Waals surface area contributed by atoms with Crippen LogP contribution in [0.2, 0.25) is 0 Å². The van der Waals surface area contributed by atoms with Crippen molar-refractivity contribution in [1.29, 1.82) is 0 Å². The van der Waals surface area contributed by atoms with Crippen molar-refractivity contribution in [3.63, 3.8) is 0 Å². The number of carbonyl (C=O) groups is 3. The van der Waals surface area contributed by atoms with Crippen LogP contribution < -0.4 is 15.4 Å². The summed E-state index contributed by atoms with van der Waals surface area (Å²) in [5.74, 6) is 0.841. The van der Waals surface area contributed by atoms with E-state index in [9.17, 15) is 14.4 Å². The van der Waals surface area contributed by atoms with Crippen molar-refractivity contribution in [1.82, 2.24) is 20.4 Å². The third-order valence-electron chi connectivity index (χ3n) is 5.83. The molecule has 2 aromatic carbocycles. The maximum atomic E-state index is 13.2. The monoisotopic (exact) mass is 468 g/mol. The highest BCUT2D eigenvalue weighted by Gasteiger charge is 2.42. The number of benzene rings is 2. The van der Waals surface area contributed by atoms with Gasteiger partial charge in [0, 0.05) is 43.4 Å². The van der Waals surface area contributed by atoms with Gasteiger partial charge in [0.25, 0.3) is 11.8 Å². The number of hydrogen-bond acceptors (Lipinski definition) is 6. The fourth-order valence-electron chi connectivity index (χ4n) is 3.83. The first kappa shape index (κ1) is 23.1. The maximum Gasteiger partial charge on any atom is 0.322 e. The Bertz CT molecular complexity index is 1010. The van der Waals surface area contributed by atoms with Gasteiger partial charge < -0.3 is 15.0 Å². The first-order valence-corrected chi connectivity index (χ1v) is 12.0. The van der Waals surface area contributed by atoms with Gasteiger partial charge in [-0.05, 0) is 31.2 Å². The van der Waals surface area contributed by atoms with Crippen molar-refractivity contribution in [3.8, 4) is 5.75 Å². The molecule has 2 N–H and O–H groups in total. The molecule has 0 saturated carbocycles. The van der Waals surface area contributed by atoms with E-state index in [0.717, 1.165) is 30.3 Å². The van der Waals surface area contributed by atoms with E-state index in [1.807, 2.05) is 59.5 Å². The van der Waals surface area contributed by atoms with Gasteiger partial charge in [-0.1, -0.05) is 30.3 Å². The van der Waals surface area contributed by atoms with E-state index >= 15 is 0 Å². The molecule has 0 aliphatic carbocycles. The van der Waals surface area contributed by atoms with E-state index in [1.165, 1.54) is 11.8 Å². The number of nitrogens with zero attached hydrogens (tertiary/aromatic N) is 2. The van der Waals surface area contributed by atoms with Gasteiger partial charge in [-0.15, -0.1) is 11.8 Å². The van der Waals surface area contributed by atoms with Crippen LogP contribution in [0.3, 0.4) is 0 Å². The largest absolute Gasteiger partial charge is 0.492 e. The lowest BCUT2D eigenvalue weighted by molar-refractivity contribution is -0.122. The van der Waals surface area contributed by atoms with Gasteiger partial charge in [-0.2, -0.15) is 0 Å². The molecule has 2 aliphatic heterocycles. The maximum absolute atomic E-state index is 13.2. The minimum absolute atomic E-state index is 0.0108. The number of carbonyl (C=O) groups excluding carboxylic acids is 3. The molecule has 2 aliphatic rings. The quantitative estimate of drug-likeness (QED) is 0.456. The third kappa shape index (κ3) is 5.66. The summed E-state index contributed by atoms with van der Waals surface area (Å²) in [5, 5.41) is 4.93. The second-order valence-corrected chi connectivity index (χ2v) is 9.34. The van der Waals surface area contributed by atoms with E-state index in [0.29, 0.717) is 31.0 Å². The van der Waals surface area contributed by atoms with Crippen molar-refractivity contribution in [3.05, 3.63) is 60.2 Å². The van der Waals surface area contributed by atoms with Crippen LogP contribution in [0.1, 0.15) is 17.3 Å². The van der Waals surface area contributed by atoms with E-state index in [4.69, 9.17) is 4.74 Å². The first-order chi connectivity index (χ1) is 15.9. The number of urea groups is 1. The summed E-state index contributed by atoms with van der Waals surface area (Å²) in [4.78, 5) is 41.8. The molecule has 0 unspecified atom stereocenters. The number of rotatable bonds is 8. The Morgan fingerprint density at radius 1 is 1.03 bits per heavy atom. The zero-order valence-corrected chi connectivity index (χ0v) is 19.4. The molecule has 9 heteroatoms. The molecule has 2 fully saturated rings. The standard InChI is InChI=1S/C24H28N4O4S/c1-24(22(30)25-23(31)26-24)17-33-20-10-6-5-9-19(20)21(29)28-13-11-27(12-14-28)15-16-32-18-7-3-2-4-8-18/h2-10H,11-17H2,1H3,(H2,25,26,30,31)/t24-/m1/s1. The Hall–Kier alpha value is -3.04. The Balaban J connectivity index is 1.29. The molecule has 0 radical (unpaired) electrons. The molecule has 174 valence electrons. The molecule has 1 atom stereocenters. The minimum Gasteiger partial charge on any atom is -0.492 e. The lowest BCUT2D eigenvalue weighted by atomic mass is 10.1. The highest BCUT2D eigenvalue weighted by atomic mass is 32.2. The van der Waals surface area contributed by atoms with Crippen molar-refractivity contribution in [2.75, 3.05) is 45.1 Å². The van der Waals surface area contributed by atoms with Crippen molar-refractivity contribution >= 4 is 29.6 Å². The molecular weight excluding hydrogens is 440 g/mol. The van der Waals surface area contributed by atoms with Gasteiger partial charge in [0.15, 0.2) is 0 Å². The Morgan fingerprint density at radius 3 is 2.42 bits per heavy atom. The molecular formula is C24H28N4O4S. The first-order valence-electron chi connectivity index (χ1n) is 11.0. The highest BCUT2D eigenvalue weighted by Crippen LogP contribution is 2.28. The van der Waals surface area contributed by atoms with Crippen LogP contribution in [0.25, 0.3) is 0 Å². The number of nitrogens with one attached hydrogen (secondary N) is 2. The normalized spacial score (nSPS) is 20.9. The number of amides is 4. The summed E-state index contributed by atoms with van der Waals surface area (Å²) >= 11 is 1.40. The van der Waals surface area contributed by atoms with Crippen LogP contribution in [0, 0.1) is 0 Å². The predicted molar refractivity (Wildman–Crippen MR) is 127 cm³/mol. The van der Waals surface area contributed by atoms with Gasteiger partial charge >= 0.3 is 6.03 Å². The number of ether oxygens (including phenoxy) is 1. The topological polar surface area (TPSA) is 91.0 Å². The highest BCUT2D eigenvalue weighted by molar-refractivity contribution is 7.99. The van der Waals surface area contributed by atoms with Crippen LogP contribution >= 0.6 is 11.8 Å². The number of hydrogen-bond donors (Lipinski definition) is 2. The molecule has 2 aromatic rings. The van der Waals surface area contributed by atoms with Crippen LogP contribution in [-0.2, 0) is 4.79 Å². The SMILES string of the molecule is C[C@]1(CSc2ccccc2C(=O)N2CCN(CCOc3ccccc3)CC2)NC(=O)NC1=O. The second kappa shape index (κ2) is 10.3. The molecule has 0 aromatic heterocycles. The molecule has 2 heterocycles. The minimum atomic E-state index is -0.995. The fraction of sp³-hybridized carbons (Fsp3) is 0.375. The lowest BCUT2D eigenvalue weighted by Gasteiger charge is -2.35. The van der Waals surface area contributed by atoms with Gasteiger partial charge in [0.2, 0.25) is 0 Å². The molecule has 33 heavy (non-hydrogen) atoms. The van der Waals surface area contributed by atoms with Crippen molar-refractivity contribution in [2.45, 2.75) is 17.4 Å². The zero-order valence-electron chi connectivity index (χ0n) is 18.6. The van der Waals surface area contributed by atoms with Gasteiger partial charge in [-0.25, -0.2) is 4.79 Å². The molecule has 2 saturated heterocycles. The van der Waals surface area contributed by atoms with Crippen LogP contribution in [-0.4, -0.2) is 78.3 Å². The number of para-hydroxylation sites is 1. The molecule has 8 nitrogen and oxygen atoms in total. The number of thioether (sulfide) groups is 1. The van der Waals surface area contributed by atoms with Crippen LogP contribution in [0.4, 0.5) is 4.79 Å². The lowest BCUT2D eigenvalue weighted by Crippen LogP contribution is -2.49. The molecule has 0 bridgehead atoms. The average molecular weight is 469 g/mol.